The molecule has 0 saturated carbocycles. The van der Waals surface area contributed by atoms with Crippen LogP contribution >= 0.6 is 0 Å². The third-order valence-electron chi connectivity index (χ3n) is 5.85. The quantitative estimate of drug-likeness (QED) is 0.437. The van der Waals surface area contributed by atoms with Gasteiger partial charge in [0.2, 0.25) is 0 Å². The van der Waals surface area contributed by atoms with E-state index in [9.17, 15) is 4.79 Å². The van der Waals surface area contributed by atoms with E-state index in [2.05, 4.69) is 18.7 Å². The Balaban J connectivity index is 1.40. The molecule has 0 unspecified atom stereocenters. The molecule has 1 aliphatic heterocycles. The molecule has 170 valence electrons. The van der Waals surface area contributed by atoms with E-state index in [1.807, 2.05) is 48.5 Å². The second-order valence-electron chi connectivity index (χ2n) is 8.63. The first-order valence-electron chi connectivity index (χ1n) is 11.4. The van der Waals surface area contributed by atoms with E-state index >= 15 is 0 Å². The van der Waals surface area contributed by atoms with Crippen LogP contribution in [-0.2, 0) is 17.9 Å². The number of anilines is 1. The summed E-state index contributed by atoms with van der Waals surface area (Å²) in [6.45, 7) is 7.02. The number of ether oxygens (including phenoxy) is 1. The molecule has 3 heterocycles. The van der Waals surface area contributed by atoms with Gasteiger partial charge in [0.15, 0.2) is 12.5 Å². The first-order valence-corrected chi connectivity index (χ1v) is 11.4. The molecule has 0 radical (unpaired) electrons. The smallest absolute Gasteiger partial charge is 0.261 e. The molecular weight excluding hydrogens is 404 g/mol. The molecule has 0 bridgehead atoms. The van der Waals surface area contributed by atoms with Crippen LogP contribution in [0.2, 0.25) is 0 Å². The van der Waals surface area contributed by atoms with Crippen molar-refractivity contribution >= 4 is 11.8 Å². The van der Waals surface area contributed by atoms with E-state index in [-0.39, 0.29) is 12.5 Å². The van der Waals surface area contributed by atoms with Gasteiger partial charge < -0.3 is 23.4 Å². The minimum absolute atomic E-state index is 0.0403. The van der Waals surface area contributed by atoms with Crippen LogP contribution in [0, 0.1) is 0 Å². The molecule has 1 amide bonds. The molecule has 3 aromatic rings. The van der Waals surface area contributed by atoms with Gasteiger partial charge in [-0.1, -0.05) is 26.0 Å². The van der Waals surface area contributed by atoms with Crippen LogP contribution in [0.5, 0.6) is 5.75 Å². The number of furan rings is 2. The van der Waals surface area contributed by atoms with Gasteiger partial charge in [-0.3, -0.25) is 4.79 Å². The second-order valence-corrected chi connectivity index (χ2v) is 8.63. The number of benzene rings is 1. The van der Waals surface area contributed by atoms with Crippen molar-refractivity contribution in [3.63, 3.8) is 0 Å². The summed E-state index contributed by atoms with van der Waals surface area (Å²) >= 11 is 0. The number of rotatable bonds is 9. The maximum Gasteiger partial charge on any atom is 0.261 e. The van der Waals surface area contributed by atoms with Gasteiger partial charge in [-0.2, -0.15) is 0 Å². The van der Waals surface area contributed by atoms with E-state index in [4.69, 9.17) is 13.6 Å². The molecule has 32 heavy (non-hydrogen) atoms. The molecule has 1 aliphatic rings. The first kappa shape index (κ1) is 22.1. The SMILES string of the molecule is CC(C)c1ccc(OCC(=O)N(Cc2ccco2)Cc2ccc(N3CCCCC3)o2)cc1. The largest absolute Gasteiger partial charge is 0.484 e. The Bertz CT molecular complexity index is 970. The topological polar surface area (TPSA) is 59.1 Å². The molecule has 1 saturated heterocycles. The van der Waals surface area contributed by atoms with Gasteiger partial charge in [0.1, 0.15) is 17.3 Å². The van der Waals surface area contributed by atoms with Crippen LogP contribution in [0.15, 0.2) is 63.6 Å². The Morgan fingerprint density at radius 1 is 1.00 bits per heavy atom. The maximum absolute atomic E-state index is 13.0. The third kappa shape index (κ3) is 5.75. The van der Waals surface area contributed by atoms with Gasteiger partial charge >= 0.3 is 0 Å². The Morgan fingerprint density at radius 2 is 1.75 bits per heavy atom. The minimum Gasteiger partial charge on any atom is -0.484 e. The molecule has 1 aromatic carbocycles. The summed E-state index contributed by atoms with van der Waals surface area (Å²) in [5, 5.41) is 0. The van der Waals surface area contributed by atoms with Gasteiger partial charge in [0.25, 0.3) is 5.91 Å². The van der Waals surface area contributed by atoms with Crippen molar-refractivity contribution in [2.24, 2.45) is 0 Å². The summed E-state index contributed by atoms with van der Waals surface area (Å²) in [7, 11) is 0. The number of hydrogen-bond acceptors (Lipinski definition) is 5. The van der Waals surface area contributed by atoms with Crippen LogP contribution in [0.4, 0.5) is 5.88 Å². The molecule has 1 fully saturated rings. The molecule has 0 aliphatic carbocycles. The minimum atomic E-state index is -0.120. The number of carbonyl (C=O) groups is 1. The van der Waals surface area contributed by atoms with E-state index in [1.165, 1.54) is 24.8 Å². The second kappa shape index (κ2) is 10.4. The van der Waals surface area contributed by atoms with Gasteiger partial charge in [-0.05, 0) is 61.1 Å². The van der Waals surface area contributed by atoms with Crippen molar-refractivity contribution < 1.29 is 18.4 Å². The predicted octanol–water partition coefficient (Wildman–Crippen LogP) is 5.59. The zero-order valence-corrected chi connectivity index (χ0v) is 19.0. The van der Waals surface area contributed by atoms with Crippen molar-refractivity contribution in [1.82, 2.24) is 4.90 Å². The Hall–Kier alpha value is -3.15. The zero-order valence-electron chi connectivity index (χ0n) is 19.0. The van der Waals surface area contributed by atoms with E-state index in [1.54, 1.807) is 11.2 Å². The van der Waals surface area contributed by atoms with Crippen LogP contribution < -0.4 is 9.64 Å². The van der Waals surface area contributed by atoms with Crippen LogP contribution in [-0.4, -0.2) is 30.5 Å². The molecular formula is C26H32N2O4. The van der Waals surface area contributed by atoms with E-state index in [0.717, 1.165) is 30.5 Å². The highest BCUT2D eigenvalue weighted by atomic mass is 16.5. The Kier molecular flexibility index (Phi) is 7.20. The highest BCUT2D eigenvalue weighted by molar-refractivity contribution is 5.77. The lowest BCUT2D eigenvalue weighted by atomic mass is 10.0. The van der Waals surface area contributed by atoms with Crippen molar-refractivity contribution in [2.75, 3.05) is 24.6 Å². The van der Waals surface area contributed by atoms with Crippen LogP contribution in [0.25, 0.3) is 0 Å². The lowest BCUT2D eigenvalue weighted by Gasteiger charge is -2.26. The van der Waals surface area contributed by atoms with Crippen LogP contribution in [0.1, 0.15) is 56.1 Å². The zero-order chi connectivity index (χ0) is 22.3. The lowest BCUT2D eigenvalue weighted by molar-refractivity contribution is -0.135. The fourth-order valence-corrected chi connectivity index (χ4v) is 3.93. The van der Waals surface area contributed by atoms with Crippen LogP contribution in [0.3, 0.4) is 0 Å². The molecule has 4 rings (SSSR count). The monoisotopic (exact) mass is 436 g/mol. The van der Waals surface area contributed by atoms with Crippen molar-refractivity contribution in [3.8, 4) is 5.75 Å². The summed E-state index contributed by atoms with van der Waals surface area (Å²) in [4.78, 5) is 17.0. The molecule has 0 atom stereocenters. The maximum atomic E-state index is 13.0. The average Bonchev–Trinajstić information content (AvgIpc) is 3.50. The molecule has 6 heteroatoms. The normalized spacial score (nSPS) is 14.0. The highest BCUT2D eigenvalue weighted by Gasteiger charge is 2.20. The van der Waals surface area contributed by atoms with Gasteiger partial charge in [-0.25, -0.2) is 0 Å². The number of piperidine rings is 1. The Morgan fingerprint density at radius 3 is 2.44 bits per heavy atom. The van der Waals surface area contributed by atoms with Crippen molar-refractivity contribution in [2.45, 2.75) is 52.1 Å². The fraction of sp³-hybridized carbons (Fsp3) is 0.423. The number of nitrogens with zero attached hydrogens (tertiary/aromatic N) is 2. The third-order valence-corrected chi connectivity index (χ3v) is 5.85. The Labute approximate surface area is 189 Å². The molecule has 2 aromatic heterocycles. The lowest BCUT2D eigenvalue weighted by Crippen LogP contribution is -2.34. The summed E-state index contributed by atoms with van der Waals surface area (Å²) in [6, 6.07) is 15.6. The predicted molar refractivity (Wildman–Crippen MR) is 124 cm³/mol. The first-order chi connectivity index (χ1) is 15.6. The summed E-state index contributed by atoms with van der Waals surface area (Å²) in [6.07, 6.45) is 5.27. The number of hydrogen-bond donors (Lipinski definition) is 0. The van der Waals surface area contributed by atoms with E-state index in [0.29, 0.717) is 24.8 Å². The summed E-state index contributed by atoms with van der Waals surface area (Å²) < 4.78 is 17.3. The molecule has 0 N–H and O–H groups in total. The number of carbonyl (C=O) groups excluding carboxylic acids is 1. The number of amides is 1. The molecule has 6 nitrogen and oxygen atoms in total. The molecule has 0 spiro atoms. The van der Waals surface area contributed by atoms with Gasteiger partial charge in [-0.15, -0.1) is 0 Å². The highest BCUT2D eigenvalue weighted by Crippen LogP contribution is 2.24. The summed E-state index contributed by atoms with van der Waals surface area (Å²) in [5.41, 5.74) is 1.24. The summed E-state index contributed by atoms with van der Waals surface area (Å²) in [5.74, 6) is 3.38. The average molecular weight is 437 g/mol. The standard InChI is InChI=1S/C26H32N2O4/c1-20(2)21-8-10-22(11-9-21)31-19-25(29)28(17-23-7-6-16-30-23)18-24-12-13-26(32-24)27-14-4-3-5-15-27/h6-13,16,20H,3-5,14-15,17-19H2,1-2H3. The van der Waals surface area contributed by atoms with Crippen molar-refractivity contribution in [1.29, 1.82) is 0 Å². The fourth-order valence-electron chi connectivity index (χ4n) is 3.93. The van der Waals surface area contributed by atoms with Crippen molar-refractivity contribution in [3.05, 3.63) is 71.9 Å². The van der Waals surface area contributed by atoms with Gasteiger partial charge in [0, 0.05) is 19.2 Å². The van der Waals surface area contributed by atoms with E-state index < -0.39 is 0 Å². The van der Waals surface area contributed by atoms with Gasteiger partial charge in [0.05, 0.1) is 19.4 Å².